The molecule has 8 heteroatoms. The number of methoxy groups -OCH3 is 1. The Morgan fingerprint density at radius 3 is 2.76 bits per heavy atom. The Bertz CT molecular complexity index is 485. The first-order valence-corrected chi connectivity index (χ1v) is 6.61. The highest BCUT2D eigenvalue weighted by molar-refractivity contribution is 7.89. The second kappa shape index (κ2) is 6.01. The summed E-state index contributed by atoms with van der Waals surface area (Å²) in [6.07, 6.45) is 1.21. The third-order valence-corrected chi connectivity index (χ3v) is 3.55. The Labute approximate surface area is 105 Å². The van der Waals surface area contributed by atoms with Gasteiger partial charge in [-0.2, -0.15) is 0 Å². The van der Waals surface area contributed by atoms with Crippen LogP contribution in [0.5, 0.6) is 0 Å². The van der Waals surface area contributed by atoms with Gasteiger partial charge in [0.2, 0.25) is 10.0 Å². The van der Waals surface area contributed by atoms with E-state index in [1.54, 1.807) is 0 Å². The Balaban J connectivity index is 2.81. The molecule has 1 heterocycles. The molecule has 6 nitrogen and oxygen atoms in total. The number of pyridine rings is 1. The fraction of sp³-hybridized carbons (Fsp3) is 0.333. The second-order valence-corrected chi connectivity index (χ2v) is 5.34. The van der Waals surface area contributed by atoms with Crippen molar-refractivity contribution < 1.29 is 13.2 Å². The molecule has 0 saturated heterocycles. The van der Waals surface area contributed by atoms with Crippen LogP contribution in [0.2, 0.25) is 0 Å². The molecular formula is C9H13N3O3S2. The van der Waals surface area contributed by atoms with Crippen molar-refractivity contribution in [2.24, 2.45) is 5.73 Å². The van der Waals surface area contributed by atoms with Crippen molar-refractivity contribution in [2.45, 2.75) is 4.90 Å². The molecule has 1 rings (SSSR count). The van der Waals surface area contributed by atoms with Gasteiger partial charge < -0.3 is 10.5 Å². The maximum atomic E-state index is 11.7. The summed E-state index contributed by atoms with van der Waals surface area (Å²) in [6.45, 7) is 0.507. The SMILES string of the molecule is COCCNS(=O)(=O)c1ccc(C(N)=S)nc1. The number of hydrogen-bond donors (Lipinski definition) is 2. The molecule has 0 aliphatic heterocycles. The van der Waals surface area contributed by atoms with Gasteiger partial charge in [0.1, 0.15) is 9.88 Å². The van der Waals surface area contributed by atoms with Gasteiger partial charge in [-0.1, -0.05) is 12.2 Å². The number of ether oxygens (including phenoxy) is 1. The molecule has 0 radical (unpaired) electrons. The predicted octanol–water partition coefficient (Wildman–Crippen LogP) is -0.359. The van der Waals surface area contributed by atoms with Gasteiger partial charge in [-0.05, 0) is 12.1 Å². The van der Waals surface area contributed by atoms with Crippen LogP contribution in [-0.4, -0.2) is 38.7 Å². The molecule has 1 aromatic heterocycles. The van der Waals surface area contributed by atoms with E-state index in [4.69, 9.17) is 22.7 Å². The third kappa shape index (κ3) is 4.00. The van der Waals surface area contributed by atoms with Gasteiger partial charge in [0, 0.05) is 19.9 Å². The standard InChI is InChI=1S/C9H13N3O3S2/c1-15-5-4-12-17(13,14)7-2-3-8(9(10)16)11-6-7/h2-3,6,12H,4-5H2,1H3,(H2,10,16). The first-order valence-electron chi connectivity index (χ1n) is 4.72. The van der Waals surface area contributed by atoms with Gasteiger partial charge in [0.15, 0.2) is 0 Å². The maximum absolute atomic E-state index is 11.7. The van der Waals surface area contributed by atoms with Crippen LogP contribution in [0, 0.1) is 0 Å². The number of nitrogens with two attached hydrogens (primary N) is 1. The van der Waals surface area contributed by atoms with E-state index in [0.29, 0.717) is 12.3 Å². The van der Waals surface area contributed by atoms with Gasteiger partial charge in [-0.15, -0.1) is 0 Å². The molecule has 3 N–H and O–H groups in total. The van der Waals surface area contributed by atoms with Gasteiger partial charge in [0.05, 0.1) is 12.3 Å². The minimum atomic E-state index is -3.55. The van der Waals surface area contributed by atoms with Crippen LogP contribution in [0.1, 0.15) is 5.69 Å². The molecular weight excluding hydrogens is 262 g/mol. The largest absolute Gasteiger partial charge is 0.388 e. The van der Waals surface area contributed by atoms with Crippen molar-refractivity contribution in [1.82, 2.24) is 9.71 Å². The van der Waals surface area contributed by atoms with Crippen LogP contribution < -0.4 is 10.5 Å². The highest BCUT2D eigenvalue weighted by Gasteiger charge is 2.13. The number of thiocarbonyl (C=S) groups is 1. The van der Waals surface area contributed by atoms with E-state index in [-0.39, 0.29) is 16.4 Å². The summed E-state index contributed by atoms with van der Waals surface area (Å²) in [5.41, 5.74) is 5.74. The average molecular weight is 275 g/mol. The van der Waals surface area contributed by atoms with Gasteiger partial charge in [-0.25, -0.2) is 13.1 Å². The molecule has 0 aliphatic rings. The van der Waals surface area contributed by atoms with Crippen LogP contribution >= 0.6 is 12.2 Å². The van der Waals surface area contributed by atoms with E-state index in [0.717, 1.165) is 0 Å². The molecule has 0 spiro atoms. The van der Waals surface area contributed by atoms with E-state index in [2.05, 4.69) is 9.71 Å². The van der Waals surface area contributed by atoms with Gasteiger partial charge >= 0.3 is 0 Å². The molecule has 0 amide bonds. The van der Waals surface area contributed by atoms with Crippen molar-refractivity contribution >= 4 is 27.2 Å². The second-order valence-electron chi connectivity index (χ2n) is 3.13. The lowest BCUT2D eigenvalue weighted by Crippen LogP contribution is -2.27. The lowest BCUT2D eigenvalue weighted by Gasteiger charge is -2.06. The Kier molecular flexibility index (Phi) is 4.94. The predicted molar refractivity (Wildman–Crippen MR) is 67.2 cm³/mol. The van der Waals surface area contributed by atoms with Crippen LogP contribution in [0.15, 0.2) is 23.2 Å². The van der Waals surface area contributed by atoms with Crippen LogP contribution in [-0.2, 0) is 14.8 Å². The summed E-state index contributed by atoms with van der Waals surface area (Å²) >= 11 is 4.72. The highest BCUT2D eigenvalue weighted by atomic mass is 32.2. The molecule has 0 aromatic carbocycles. The minimum Gasteiger partial charge on any atom is -0.388 e. The summed E-state index contributed by atoms with van der Waals surface area (Å²) < 4.78 is 30.6. The van der Waals surface area contributed by atoms with Crippen LogP contribution in [0.25, 0.3) is 0 Å². The quantitative estimate of drug-likeness (QED) is 0.544. The van der Waals surface area contributed by atoms with Crippen molar-refractivity contribution in [3.63, 3.8) is 0 Å². The lowest BCUT2D eigenvalue weighted by atomic mass is 10.3. The van der Waals surface area contributed by atoms with E-state index < -0.39 is 10.0 Å². The molecule has 0 aliphatic carbocycles. The van der Waals surface area contributed by atoms with Crippen LogP contribution in [0.4, 0.5) is 0 Å². The fourth-order valence-electron chi connectivity index (χ4n) is 1.05. The first-order chi connectivity index (χ1) is 7.97. The van der Waals surface area contributed by atoms with E-state index in [1.165, 1.54) is 25.4 Å². The van der Waals surface area contributed by atoms with E-state index >= 15 is 0 Å². The van der Waals surface area contributed by atoms with Crippen molar-refractivity contribution in [3.05, 3.63) is 24.0 Å². The lowest BCUT2D eigenvalue weighted by molar-refractivity contribution is 0.204. The molecule has 17 heavy (non-hydrogen) atoms. The molecule has 0 atom stereocenters. The third-order valence-electron chi connectivity index (χ3n) is 1.90. The topological polar surface area (TPSA) is 94.3 Å². The average Bonchev–Trinajstić information content (AvgIpc) is 2.29. The van der Waals surface area contributed by atoms with Crippen molar-refractivity contribution in [1.29, 1.82) is 0 Å². The molecule has 0 saturated carbocycles. The van der Waals surface area contributed by atoms with E-state index in [9.17, 15) is 8.42 Å². The first kappa shape index (κ1) is 14.0. The van der Waals surface area contributed by atoms with E-state index in [1.807, 2.05) is 0 Å². The van der Waals surface area contributed by atoms with Gasteiger partial charge in [-0.3, -0.25) is 4.98 Å². The molecule has 94 valence electrons. The Hall–Kier alpha value is -1.09. The van der Waals surface area contributed by atoms with Crippen molar-refractivity contribution in [3.8, 4) is 0 Å². The monoisotopic (exact) mass is 275 g/mol. The summed E-state index contributed by atoms with van der Waals surface area (Å²) in [6, 6.07) is 2.86. The molecule has 1 aromatic rings. The summed E-state index contributed by atoms with van der Waals surface area (Å²) in [5, 5.41) is 0. The number of nitrogens with one attached hydrogen (secondary N) is 1. The number of aromatic nitrogens is 1. The molecule has 0 unspecified atom stereocenters. The minimum absolute atomic E-state index is 0.0635. The summed E-state index contributed by atoms with van der Waals surface area (Å²) in [7, 11) is -2.06. The summed E-state index contributed by atoms with van der Waals surface area (Å²) in [5.74, 6) is 0. The Morgan fingerprint density at radius 1 is 1.59 bits per heavy atom. The summed E-state index contributed by atoms with van der Waals surface area (Å²) in [4.78, 5) is 4.05. The zero-order valence-corrected chi connectivity index (χ0v) is 10.8. The number of sulfonamides is 1. The molecule has 0 bridgehead atoms. The fourth-order valence-corrected chi connectivity index (χ4v) is 2.12. The molecule has 0 fully saturated rings. The van der Waals surface area contributed by atoms with Crippen LogP contribution in [0.3, 0.4) is 0 Å². The zero-order valence-electron chi connectivity index (χ0n) is 9.21. The Morgan fingerprint density at radius 2 is 2.29 bits per heavy atom. The number of nitrogens with zero attached hydrogens (tertiary/aromatic N) is 1. The highest BCUT2D eigenvalue weighted by Crippen LogP contribution is 2.07. The maximum Gasteiger partial charge on any atom is 0.242 e. The number of hydrogen-bond acceptors (Lipinski definition) is 5. The van der Waals surface area contributed by atoms with Crippen molar-refractivity contribution in [2.75, 3.05) is 20.3 Å². The van der Waals surface area contributed by atoms with Gasteiger partial charge in [0.25, 0.3) is 0 Å². The number of rotatable bonds is 6. The zero-order chi connectivity index (χ0) is 12.9. The smallest absolute Gasteiger partial charge is 0.242 e. The normalized spacial score (nSPS) is 11.4.